The van der Waals surface area contributed by atoms with E-state index in [0.29, 0.717) is 0 Å². The van der Waals surface area contributed by atoms with Crippen LogP contribution in [0.25, 0.3) is 0 Å². The van der Waals surface area contributed by atoms with E-state index in [-0.39, 0.29) is 0 Å². The van der Waals surface area contributed by atoms with Gasteiger partial charge in [-0.25, -0.2) is 9.78 Å². The number of thiazole rings is 1. The van der Waals surface area contributed by atoms with E-state index in [4.69, 9.17) is 5.11 Å². The van der Waals surface area contributed by atoms with Crippen LogP contribution in [0, 0.1) is 13.8 Å². The molecular formula is C10H16N2O2S. The first-order chi connectivity index (χ1) is 6.76. The summed E-state index contributed by atoms with van der Waals surface area (Å²) in [6.07, 6.45) is 0. The lowest BCUT2D eigenvalue weighted by Crippen LogP contribution is -2.48. The summed E-state index contributed by atoms with van der Waals surface area (Å²) in [7, 11) is 1.76. The molecule has 0 aliphatic heterocycles. The van der Waals surface area contributed by atoms with Crippen LogP contribution >= 0.6 is 11.3 Å². The van der Waals surface area contributed by atoms with Gasteiger partial charge in [0.05, 0.1) is 5.69 Å². The Kier molecular flexibility index (Phi) is 3.04. The Balaban J connectivity index is 3.04. The van der Waals surface area contributed by atoms with Gasteiger partial charge in [0.1, 0.15) is 5.54 Å². The molecule has 0 spiro atoms. The van der Waals surface area contributed by atoms with E-state index in [1.165, 1.54) is 11.3 Å². The molecule has 84 valence electrons. The van der Waals surface area contributed by atoms with Crippen molar-refractivity contribution in [3.8, 4) is 0 Å². The molecule has 5 heteroatoms. The zero-order valence-corrected chi connectivity index (χ0v) is 10.5. The van der Waals surface area contributed by atoms with E-state index in [1.807, 2.05) is 13.8 Å². The third-order valence-electron chi connectivity index (χ3n) is 2.67. The van der Waals surface area contributed by atoms with Crippen LogP contribution in [0.4, 0.5) is 5.13 Å². The van der Waals surface area contributed by atoms with Crippen LogP contribution in [0.15, 0.2) is 0 Å². The summed E-state index contributed by atoms with van der Waals surface area (Å²) in [5.74, 6) is -0.851. The van der Waals surface area contributed by atoms with Gasteiger partial charge >= 0.3 is 5.97 Å². The molecule has 1 N–H and O–H groups in total. The Hall–Kier alpha value is -1.10. The van der Waals surface area contributed by atoms with Crippen molar-refractivity contribution in [2.75, 3.05) is 11.9 Å². The molecule has 0 aliphatic rings. The van der Waals surface area contributed by atoms with Gasteiger partial charge in [-0.2, -0.15) is 0 Å². The standard InChI is InChI=1S/C10H16N2O2S/c1-6-7(2)15-9(11-6)12(5)10(3,4)8(13)14/h1-5H3,(H,13,14). The van der Waals surface area contributed by atoms with Crippen LogP contribution in [0.3, 0.4) is 0 Å². The number of nitrogens with zero attached hydrogens (tertiary/aromatic N) is 2. The van der Waals surface area contributed by atoms with Crippen molar-refractivity contribution in [3.63, 3.8) is 0 Å². The molecule has 0 aromatic carbocycles. The van der Waals surface area contributed by atoms with E-state index in [1.54, 1.807) is 25.8 Å². The van der Waals surface area contributed by atoms with Crippen molar-refractivity contribution < 1.29 is 9.90 Å². The fourth-order valence-electron chi connectivity index (χ4n) is 0.982. The summed E-state index contributed by atoms with van der Waals surface area (Å²) in [4.78, 5) is 18.2. The highest BCUT2D eigenvalue weighted by atomic mass is 32.1. The van der Waals surface area contributed by atoms with Gasteiger partial charge in [-0.1, -0.05) is 0 Å². The summed E-state index contributed by atoms with van der Waals surface area (Å²) in [5.41, 5.74) is 0.0274. The molecule has 0 radical (unpaired) electrons. The van der Waals surface area contributed by atoms with Gasteiger partial charge < -0.3 is 10.0 Å². The third-order valence-corrected chi connectivity index (χ3v) is 3.82. The first-order valence-corrected chi connectivity index (χ1v) is 5.49. The van der Waals surface area contributed by atoms with Crippen molar-refractivity contribution in [3.05, 3.63) is 10.6 Å². The molecule has 4 nitrogen and oxygen atoms in total. The first-order valence-electron chi connectivity index (χ1n) is 4.68. The number of carboxylic acids is 1. The molecule has 0 atom stereocenters. The zero-order valence-electron chi connectivity index (χ0n) is 9.66. The van der Waals surface area contributed by atoms with Gasteiger partial charge in [-0.3, -0.25) is 0 Å². The normalized spacial score (nSPS) is 11.5. The molecule has 0 fully saturated rings. The second-order valence-corrected chi connectivity index (χ2v) is 5.24. The summed E-state index contributed by atoms with van der Waals surface area (Å²) in [6, 6.07) is 0. The highest BCUT2D eigenvalue weighted by Gasteiger charge is 2.33. The summed E-state index contributed by atoms with van der Waals surface area (Å²) in [6.45, 7) is 7.25. The van der Waals surface area contributed by atoms with Crippen molar-refractivity contribution in [2.45, 2.75) is 33.2 Å². The topological polar surface area (TPSA) is 53.4 Å². The Morgan fingerprint density at radius 2 is 2.00 bits per heavy atom. The summed E-state index contributed by atoms with van der Waals surface area (Å²) < 4.78 is 0. The molecule has 0 saturated carbocycles. The van der Waals surface area contributed by atoms with E-state index in [9.17, 15) is 4.79 Å². The maximum absolute atomic E-state index is 11.1. The van der Waals surface area contributed by atoms with Crippen LogP contribution in [0.2, 0.25) is 0 Å². The number of carboxylic acid groups (broad SMARTS) is 1. The average molecular weight is 228 g/mol. The first kappa shape index (κ1) is 12.0. The number of aromatic nitrogens is 1. The van der Waals surface area contributed by atoms with Crippen LogP contribution in [-0.2, 0) is 4.79 Å². The van der Waals surface area contributed by atoms with Gasteiger partial charge in [0.25, 0.3) is 0 Å². The second kappa shape index (κ2) is 3.81. The SMILES string of the molecule is Cc1nc(N(C)C(C)(C)C(=O)O)sc1C. The van der Waals surface area contributed by atoms with Gasteiger partial charge in [-0.15, -0.1) is 11.3 Å². The van der Waals surface area contributed by atoms with Gasteiger partial charge in [0, 0.05) is 11.9 Å². The molecule has 1 aromatic rings. The van der Waals surface area contributed by atoms with Gasteiger partial charge in [0.15, 0.2) is 5.13 Å². The Bertz CT molecular complexity index is 365. The molecule has 0 bridgehead atoms. The molecule has 0 unspecified atom stereocenters. The smallest absolute Gasteiger partial charge is 0.329 e. The molecule has 0 amide bonds. The maximum atomic E-state index is 11.1. The van der Waals surface area contributed by atoms with Crippen LogP contribution in [0.1, 0.15) is 24.4 Å². The van der Waals surface area contributed by atoms with Crippen LogP contribution in [0.5, 0.6) is 0 Å². The lowest BCUT2D eigenvalue weighted by Gasteiger charge is -2.31. The van der Waals surface area contributed by atoms with Crippen molar-refractivity contribution in [1.82, 2.24) is 4.98 Å². The number of rotatable bonds is 3. The monoisotopic (exact) mass is 228 g/mol. The highest BCUT2D eigenvalue weighted by Crippen LogP contribution is 2.29. The van der Waals surface area contributed by atoms with E-state index >= 15 is 0 Å². The van der Waals surface area contributed by atoms with Crippen molar-refractivity contribution in [1.29, 1.82) is 0 Å². The lowest BCUT2D eigenvalue weighted by molar-refractivity contribution is -0.142. The lowest BCUT2D eigenvalue weighted by atomic mass is 10.1. The summed E-state index contributed by atoms with van der Waals surface area (Å²) in [5, 5.41) is 9.83. The molecule has 0 saturated heterocycles. The Morgan fingerprint density at radius 1 is 1.47 bits per heavy atom. The predicted molar refractivity (Wildman–Crippen MR) is 61.7 cm³/mol. The van der Waals surface area contributed by atoms with Crippen molar-refractivity contribution in [2.24, 2.45) is 0 Å². The second-order valence-electron chi connectivity index (χ2n) is 4.06. The fourth-order valence-corrected chi connectivity index (χ4v) is 2.00. The number of hydrogen-bond acceptors (Lipinski definition) is 4. The van der Waals surface area contributed by atoms with Gasteiger partial charge in [-0.05, 0) is 27.7 Å². The number of anilines is 1. The van der Waals surface area contributed by atoms with E-state index < -0.39 is 11.5 Å². The molecular weight excluding hydrogens is 212 g/mol. The highest BCUT2D eigenvalue weighted by molar-refractivity contribution is 7.15. The van der Waals surface area contributed by atoms with E-state index in [0.717, 1.165) is 15.7 Å². The molecule has 1 heterocycles. The van der Waals surface area contributed by atoms with Crippen molar-refractivity contribution >= 4 is 22.4 Å². The Morgan fingerprint density at radius 3 is 2.33 bits per heavy atom. The summed E-state index contributed by atoms with van der Waals surface area (Å²) >= 11 is 1.52. The maximum Gasteiger partial charge on any atom is 0.329 e. The van der Waals surface area contributed by atoms with Crippen LogP contribution in [-0.4, -0.2) is 28.6 Å². The largest absolute Gasteiger partial charge is 0.480 e. The fraction of sp³-hybridized carbons (Fsp3) is 0.600. The van der Waals surface area contributed by atoms with E-state index in [2.05, 4.69) is 4.98 Å². The quantitative estimate of drug-likeness (QED) is 0.860. The van der Waals surface area contributed by atoms with Crippen LogP contribution < -0.4 is 4.90 Å². The van der Waals surface area contributed by atoms with Gasteiger partial charge in [0.2, 0.25) is 0 Å². The average Bonchev–Trinajstić information content (AvgIpc) is 2.45. The molecule has 15 heavy (non-hydrogen) atoms. The number of likely N-dealkylation sites (N-methyl/N-ethyl adjacent to an activating group) is 1. The predicted octanol–water partition coefficient (Wildman–Crippen LogP) is 2.06. The minimum atomic E-state index is -0.934. The third kappa shape index (κ3) is 2.12. The number of aryl methyl sites for hydroxylation is 2. The minimum absolute atomic E-state index is 0.748. The molecule has 1 aromatic heterocycles. The minimum Gasteiger partial charge on any atom is -0.480 e. The zero-order chi connectivity index (χ0) is 11.8. The molecule has 1 rings (SSSR count). The molecule has 0 aliphatic carbocycles. The Labute approximate surface area is 93.6 Å². The number of aliphatic carboxylic acids is 1. The number of carbonyl (C=O) groups is 1. The number of hydrogen-bond donors (Lipinski definition) is 1.